The Balaban J connectivity index is 1.42. The molecule has 1 unspecified atom stereocenters. The Kier molecular flexibility index (Phi) is 5.27. The first-order valence-corrected chi connectivity index (χ1v) is 11.1. The Morgan fingerprint density at radius 2 is 1.94 bits per heavy atom. The summed E-state index contributed by atoms with van der Waals surface area (Å²) in [4.78, 5) is 27.2. The maximum atomic E-state index is 12.4. The van der Waals surface area contributed by atoms with E-state index in [2.05, 4.69) is 35.6 Å². The molecule has 168 valence electrons. The maximum absolute atomic E-state index is 12.4. The molecule has 4 aromatic heterocycles. The predicted molar refractivity (Wildman–Crippen MR) is 122 cm³/mol. The summed E-state index contributed by atoms with van der Waals surface area (Å²) in [6.45, 7) is 0.465. The van der Waals surface area contributed by atoms with E-state index in [0.717, 1.165) is 11.3 Å². The number of nitrogens with one attached hydrogen (secondary N) is 1. The molecule has 13 heteroatoms. The van der Waals surface area contributed by atoms with Gasteiger partial charge in [0.15, 0.2) is 15.6 Å². The van der Waals surface area contributed by atoms with E-state index >= 15 is 0 Å². The summed E-state index contributed by atoms with van der Waals surface area (Å²) in [7, 11) is 3.39. The van der Waals surface area contributed by atoms with E-state index in [4.69, 9.17) is 11.6 Å². The zero-order valence-corrected chi connectivity index (χ0v) is 19.2. The van der Waals surface area contributed by atoms with E-state index in [1.807, 2.05) is 12.1 Å². The van der Waals surface area contributed by atoms with Crippen LogP contribution in [0.15, 0.2) is 36.7 Å². The molecule has 11 nitrogen and oxygen atoms in total. The van der Waals surface area contributed by atoms with Crippen molar-refractivity contribution in [1.29, 1.82) is 0 Å². The van der Waals surface area contributed by atoms with Crippen molar-refractivity contribution < 1.29 is 9.90 Å². The van der Waals surface area contributed by atoms with Crippen LogP contribution in [0.2, 0.25) is 5.15 Å². The minimum atomic E-state index is -1.64. The molecule has 0 bridgehead atoms. The van der Waals surface area contributed by atoms with E-state index in [9.17, 15) is 9.90 Å². The highest BCUT2D eigenvalue weighted by molar-refractivity contribution is 7.14. The lowest BCUT2D eigenvalue weighted by Crippen LogP contribution is -2.35. The van der Waals surface area contributed by atoms with Crippen LogP contribution in [0.5, 0.6) is 0 Å². The van der Waals surface area contributed by atoms with E-state index < -0.39 is 5.60 Å². The zero-order valence-electron chi connectivity index (χ0n) is 17.6. The number of pyridine rings is 1. The number of rotatable bonds is 5. The number of aliphatic hydroxyl groups is 1. The topological polar surface area (TPSA) is 135 Å². The average Bonchev–Trinajstić information content (AvgIpc) is 3.52. The lowest BCUT2D eigenvalue weighted by molar-refractivity contribution is -0.143. The second-order valence-corrected chi connectivity index (χ2v) is 8.86. The van der Waals surface area contributed by atoms with Crippen molar-refractivity contribution in [1.82, 2.24) is 39.8 Å². The standard InChI is InChI=1S/C20H18ClN9O2S/c1-29-9-7-20(32,18(29)31)17-28-27-16(33-17)13-5-3-4-11(24-13)12-6-8-22-19(25-12)26-14-10-23-30(2)15(14)21/h3-6,8,10,32H,7,9H2,1-2H3,(H,22,25,26). The number of anilines is 2. The number of aromatic nitrogens is 7. The van der Waals surface area contributed by atoms with Gasteiger partial charge in [-0.2, -0.15) is 5.10 Å². The fourth-order valence-electron chi connectivity index (χ4n) is 3.43. The van der Waals surface area contributed by atoms with Crippen LogP contribution < -0.4 is 5.32 Å². The molecule has 4 aromatic rings. The quantitative estimate of drug-likeness (QED) is 0.438. The summed E-state index contributed by atoms with van der Waals surface area (Å²) in [5.41, 5.74) is 0.697. The van der Waals surface area contributed by atoms with Crippen LogP contribution in [-0.4, -0.2) is 64.4 Å². The first kappa shape index (κ1) is 21.4. The third-order valence-corrected chi connectivity index (χ3v) is 6.83. The van der Waals surface area contributed by atoms with E-state index in [0.29, 0.717) is 45.4 Å². The molecule has 1 fully saturated rings. The van der Waals surface area contributed by atoms with Crippen LogP contribution in [-0.2, 0) is 17.4 Å². The van der Waals surface area contributed by atoms with Crippen LogP contribution in [0.1, 0.15) is 11.4 Å². The Hall–Kier alpha value is -3.48. The van der Waals surface area contributed by atoms with Crippen molar-refractivity contribution in [2.45, 2.75) is 12.0 Å². The second-order valence-electron chi connectivity index (χ2n) is 7.52. The number of aryl methyl sites for hydroxylation is 1. The highest BCUT2D eigenvalue weighted by Crippen LogP contribution is 2.36. The largest absolute Gasteiger partial charge is 0.373 e. The molecule has 1 amide bonds. The highest BCUT2D eigenvalue weighted by atomic mass is 35.5. The molecule has 5 rings (SSSR count). The van der Waals surface area contributed by atoms with Gasteiger partial charge >= 0.3 is 0 Å². The van der Waals surface area contributed by atoms with Crippen molar-refractivity contribution >= 4 is 40.5 Å². The molecule has 5 heterocycles. The summed E-state index contributed by atoms with van der Waals surface area (Å²) in [5.74, 6) is -0.0273. The summed E-state index contributed by atoms with van der Waals surface area (Å²) < 4.78 is 1.53. The van der Waals surface area contributed by atoms with Crippen LogP contribution >= 0.6 is 22.9 Å². The van der Waals surface area contributed by atoms with Gasteiger partial charge in [-0.15, -0.1) is 10.2 Å². The van der Waals surface area contributed by atoms with Crippen molar-refractivity contribution in [2.24, 2.45) is 7.05 Å². The Labute approximate surface area is 197 Å². The van der Waals surface area contributed by atoms with Gasteiger partial charge in [0.2, 0.25) is 5.95 Å². The number of likely N-dealkylation sites (N-methyl/N-ethyl adjacent to an activating group) is 1. The fourth-order valence-corrected chi connectivity index (χ4v) is 4.49. The molecule has 0 spiro atoms. The summed E-state index contributed by atoms with van der Waals surface area (Å²) in [5, 5.41) is 27.4. The summed E-state index contributed by atoms with van der Waals surface area (Å²) in [6, 6.07) is 7.17. The Bertz CT molecular complexity index is 1360. The lowest BCUT2D eigenvalue weighted by atomic mass is 10.0. The third kappa shape index (κ3) is 3.81. The molecule has 0 aliphatic carbocycles. The first-order valence-electron chi connectivity index (χ1n) is 9.92. The highest BCUT2D eigenvalue weighted by Gasteiger charge is 2.48. The SMILES string of the molecule is CN1CCC(O)(c2nnc(-c3cccc(-c4ccnc(Nc5cnn(C)c5Cl)n4)n3)s2)C1=O. The minimum absolute atomic E-state index is 0.265. The predicted octanol–water partition coefficient (Wildman–Crippen LogP) is 2.24. The molecule has 0 aromatic carbocycles. The van der Waals surface area contributed by atoms with Gasteiger partial charge in [-0.1, -0.05) is 29.0 Å². The monoisotopic (exact) mass is 483 g/mol. The number of nitrogens with zero attached hydrogens (tertiary/aromatic N) is 8. The van der Waals surface area contributed by atoms with Crippen molar-refractivity contribution in [3.8, 4) is 22.1 Å². The smallest absolute Gasteiger partial charge is 0.261 e. The second kappa shape index (κ2) is 8.14. The molecular formula is C20H18ClN9O2S. The van der Waals surface area contributed by atoms with Gasteiger partial charge in [0.05, 0.1) is 23.3 Å². The van der Waals surface area contributed by atoms with Gasteiger partial charge in [0, 0.05) is 33.3 Å². The Morgan fingerprint density at radius 1 is 1.15 bits per heavy atom. The molecular weight excluding hydrogens is 466 g/mol. The number of hydrogen-bond donors (Lipinski definition) is 2. The number of carbonyl (C=O) groups is 1. The molecule has 1 aliphatic heterocycles. The van der Waals surface area contributed by atoms with Gasteiger partial charge < -0.3 is 15.3 Å². The number of amides is 1. The molecule has 1 aliphatic rings. The fraction of sp³-hybridized carbons (Fsp3) is 0.250. The molecule has 0 saturated carbocycles. The average molecular weight is 484 g/mol. The van der Waals surface area contributed by atoms with Crippen LogP contribution in [0.3, 0.4) is 0 Å². The lowest BCUT2D eigenvalue weighted by Gasteiger charge is -2.16. The van der Waals surface area contributed by atoms with Crippen LogP contribution in [0, 0.1) is 0 Å². The van der Waals surface area contributed by atoms with Crippen molar-refractivity contribution in [3.05, 3.63) is 46.8 Å². The summed E-state index contributed by atoms with van der Waals surface area (Å²) in [6.07, 6.45) is 3.48. The maximum Gasteiger partial charge on any atom is 0.261 e. The molecule has 1 atom stereocenters. The number of likely N-dealkylation sites (tertiary alicyclic amines) is 1. The van der Waals surface area contributed by atoms with Gasteiger partial charge in [-0.05, 0) is 18.2 Å². The Morgan fingerprint density at radius 3 is 2.67 bits per heavy atom. The van der Waals surface area contributed by atoms with Gasteiger partial charge in [-0.3, -0.25) is 9.48 Å². The molecule has 1 saturated heterocycles. The van der Waals surface area contributed by atoms with E-state index in [-0.39, 0.29) is 17.3 Å². The third-order valence-electron chi connectivity index (χ3n) is 5.29. The zero-order chi connectivity index (χ0) is 23.2. The van der Waals surface area contributed by atoms with Gasteiger partial charge in [0.25, 0.3) is 5.91 Å². The summed E-state index contributed by atoms with van der Waals surface area (Å²) >= 11 is 7.35. The first-order chi connectivity index (χ1) is 15.8. The molecule has 33 heavy (non-hydrogen) atoms. The van der Waals surface area contributed by atoms with Crippen LogP contribution in [0.4, 0.5) is 11.6 Å². The number of halogens is 1. The van der Waals surface area contributed by atoms with Crippen molar-refractivity contribution in [3.63, 3.8) is 0 Å². The molecule has 2 N–H and O–H groups in total. The normalized spacial score (nSPS) is 18.2. The number of hydrogen-bond acceptors (Lipinski definition) is 10. The minimum Gasteiger partial charge on any atom is -0.373 e. The van der Waals surface area contributed by atoms with Gasteiger partial charge in [-0.25, -0.2) is 15.0 Å². The van der Waals surface area contributed by atoms with Crippen LogP contribution in [0.25, 0.3) is 22.1 Å². The van der Waals surface area contributed by atoms with E-state index in [1.54, 1.807) is 38.6 Å². The molecule has 0 radical (unpaired) electrons. The van der Waals surface area contributed by atoms with Gasteiger partial charge in [0.1, 0.15) is 10.8 Å². The number of carbonyl (C=O) groups excluding carboxylic acids is 1. The van der Waals surface area contributed by atoms with E-state index in [1.165, 1.54) is 9.58 Å². The van der Waals surface area contributed by atoms with Crippen molar-refractivity contribution in [2.75, 3.05) is 18.9 Å².